The molecule has 0 aromatic heterocycles. The normalized spacial score (nSPS) is 13.6. The third-order valence-electron chi connectivity index (χ3n) is 4.02. The second-order valence-corrected chi connectivity index (χ2v) is 7.84. The molecule has 2 N–H and O–H groups in total. The van der Waals surface area contributed by atoms with Gasteiger partial charge in [0.05, 0.1) is 26.9 Å². The van der Waals surface area contributed by atoms with Crippen LogP contribution in [0, 0.1) is 0 Å². The van der Waals surface area contributed by atoms with Crippen LogP contribution >= 0.6 is 23.2 Å². The molecule has 140 valence electrons. The van der Waals surface area contributed by atoms with E-state index in [4.69, 9.17) is 23.2 Å². The smallest absolute Gasteiger partial charge is 0.308 e. The fraction of sp³-hybridized carbons (Fsp3) is 0.211. The minimum atomic E-state index is -0.637. The van der Waals surface area contributed by atoms with Crippen molar-refractivity contribution in [3.05, 3.63) is 57.6 Å². The van der Waals surface area contributed by atoms with Gasteiger partial charge in [-0.05, 0) is 51.1 Å². The van der Waals surface area contributed by atoms with Crippen LogP contribution < -0.4 is 10.6 Å². The second-order valence-electron chi connectivity index (χ2n) is 7.06. The molecule has 0 bridgehead atoms. The van der Waals surface area contributed by atoms with E-state index in [0.29, 0.717) is 22.0 Å². The van der Waals surface area contributed by atoms with Gasteiger partial charge in [-0.1, -0.05) is 29.3 Å². The van der Waals surface area contributed by atoms with Crippen molar-refractivity contribution in [2.24, 2.45) is 0 Å². The highest BCUT2D eigenvalue weighted by atomic mass is 35.5. The first-order valence-corrected chi connectivity index (χ1v) is 8.90. The Hall–Kier alpha value is -2.57. The number of hydrogen-bond donors (Lipinski definition) is 2. The van der Waals surface area contributed by atoms with Crippen LogP contribution in [0.5, 0.6) is 0 Å². The van der Waals surface area contributed by atoms with Crippen LogP contribution in [-0.4, -0.2) is 28.3 Å². The predicted octanol–water partition coefficient (Wildman–Crippen LogP) is 5.03. The largest absolute Gasteiger partial charge is 0.323 e. The van der Waals surface area contributed by atoms with Gasteiger partial charge in [-0.2, -0.15) is 0 Å². The first-order chi connectivity index (χ1) is 12.6. The van der Waals surface area contributed by atoms with Gasteiger partial charge in [0.1, 0.15) is 0 Å². The Morgan fingerprint density at radius 2 is 1.63 bits per heavy atom. The molecule has 4 amide bonds. The Balaban J connectivity index is 1.80. The van der Waals surface area contributed by atoms with Crippen molar-refractivity contribution < 1.29 is 14.4 Å². The van der Waals surface area contributed by atoms with Crippen molar-refractivity contribution >= 4 is 52.4 Å². The van der Waals surface area contributed by atoms with Crippen LogP contribution in [0.1, 0.15) is 41.5 Å². The summed E-state index contributed by atoms with van der Waals surface area (Å²) >= 11 is 12.0. The van der Waals surface area contributed by atoms with Crippen LogP contribution in [0.15, 0.2) is 36.4 Å². The molecule has 0 spiro atoms. The SMILES string of the molecule is CC(C)(C)N1C(=O)c2ccc(NC(=O)Nc3cccc(Cl)c3Cl)cc2C1=O. The lowest BCUT2D eigenvalue weighted by Gasteiger charge is -2.29. The standard InChI is InChI=1S/C19H17Cl2N3O3/c1-19(2,3)24-16(25)11-8-7-10(9-12(11)17(24)26)22-18(27)23-14-6-4-5-13(20)15(14)21/h4-9H,1-3H3,(H2,22,23,27). The number of hydrogen-bond acceptors (Lipinski definition) is 3. The summed E-state index contributed by atoms with van der Waals surface area (Å²) in [6, 6.07) is 8.91. The lowest BCUT2D eigenvalue weighted by molar-refractivity contribution is 0.0507. The summed E-state index contributed by atoms with van der Waals surface area (Å²) in [5.41, 5.74) is 0.670. The van der Waals surface area contributed by atoms with E-state index >= 15 is 0 Å². The number of nitrogens with zero attached hydrogens (tertiary/aromatic N) is 1. The highest BCUT2D eigenvalue weighted by Gasteiger charge is 2.41. The molecule has 0 saturated carbocycles. The molecule has 0 radical (unpaired) electrons. The highest BCUT2D eigenvalue weighted by molar-refractivity contribution is 6.44. The van der Waals surface area contributed by atoms with Gasteiger partial charge in [-0.25, -0.2) is 4.79 Å². The van der Waals surface area contributed by atoms with E-state index in [9.17, 15) is 14.4 Å². The molecule has 0 atom stereocenters. The van der Waals surface area contributed by atoms with Crippen LogP contribution in [0.2, 0.25) is 10.0 Å². The van der Waals surface area contributed by atoms with Crippen LogP contribution in [0.25, 0.3) is 0 Å². The Bertz CT molecular complexity index is 967. The van der Waals surface area contributed by atoms with Gasteiger partial charge >= 0.3 is 6.03 Å². The van der Waals surface area contributed by atoms with Crippen molar-refractivity contribution in [3.8, 4) is 0 Å². The third kappa shape index (κ3) is 3.63. The number of benzene rings is 2. The van der Waals surface area contributed by atoms with E-state index in [1.807, 2.05) is 0 Å². The van der Waals surface area contributed by atoms with E-state index in [1.165, 1.54) is 17.0 Å². The molecule has 1 aliphatic rings. The number of urea groups is 1. The number of halogens is 2. The molecule has 27 heavy (non-hydrogen) atoms. The zero-order valence-corrected chi connectivity index (χ0v) is 16.4. The summed E-state index contributed by atoms with van der Waals surface area (Å²) in [6.45, 7) is 5.36. The highest BCUT2D eigenvalue weighted by Crippen LogP contribution is 2.32. The van der Waals surface area contributed by atoms with E-state index in [2.05, 4.69) is 10.6 Å². The Kier molecular flexibility index (Phi) is 4.88. The molecule has 2 aromatic carbocycles. The molecular weight excluding hydrogens is 389 g/mol. The Labute approximate surface area is 166 Å². The fourth-order valence-corrected chi connectivity index (χ4v) is 3.16. The van der Waals surface area contributed by atoms with E-state index in [0.717, 1.165) is 0 Å². The Morgan fingerprint density at radius 3 is 2.30 bits per heavy atom. The van der Waals surface area contributed by atoms with Crippen molar-refractivity contribution in [1.82, 2.24) is 4.90 Å². The molecule has 2 aromatic rings. The van der Waals surface area contributed by atoms with Crippen LogP contribution in [0.3, 0.4) is 0 Å². The first-order valence-electron chi connectivity index (χ1n) is 8.14. The maximum atomic E-state index is 12.6. The van der Waals surface area contributed by atoms with Crippen molar-refractivity contribution in [2.45, 2.75) is 26.3 Å². The number of fused-ring (bicyclic) bond motifs is 1. The van der Waals surface area contributed by atoms with Gasteiger partial charge in [-0.15, -0.1) is 0 Å². The monoisotopic (exact) mass is 405 g/mol. The van der Waals surface area contributed by atoms with Gasteiger partial charge < -0.3 is 10.6 Å². The fourth-order valence-electron chi connectivity index (χ4n) is 2.81. The summed E-state index contributed by atoms with van der Waals surface area (Å²) in [5.74, 6) is -0.728. The molecule has 6 nitrogen and oxygen atoms in total. The second kappa shape index (κ2) is 6.87. The lowest BCUT2D eigenvalue weighted by Crippen LogP contribution is -2.45. The molecular formula is C19H17Cl2N3O3. The number of amides is 4. The van der Waals surface area contributed by atoms with E-state index in [-0.39, 0.29) is 22.4 Å². The number of imide groups is 1. The third-order valence-corrected chi connectivity index (χ3v) is 4.83. The van der Waals surface area contributed by atoms with Crippen LogP contribution in [-0.2, 0) is 0 Å². The first kappa shape index (κ1) is 19.2. The number of carbonyl (C=O) groups excluding carboxylic acids is 3. The molecule has 0 fully saturated rings. The van der Waals surface area contributed by atoms with Gasteiger partial charge in [0, 0.05) is 11.2 Å². The summed E-state index contributed by atoms with van der Waals surface area (Å²) in [6.07, 6.45) is 0. The molecule has 8 heteroatoms. The Morgan fingerprint density at radius 1 is 0.963 bits per heavy atom. The topological polar surface area (TPSA) is 78.5 Å². The van der Waals surface area contributed by atoms with Gasteiger partial charge in [0.15, 0.2) is 0 Å². The van der Waals surface area contributed by atoms with E-state index in [1.54, 1.807) is 45.0 Å². The summed E-state index contributed by atoms with van der Waals surface area (Å²) in [5, 5.41) is 5.76. The molecule has 0 saturated heterocycles. The zero-order valence-electron chi connectivity index (χ0n) is 14.9. The van der Waals surface area contributed by atoms with Crippen molar-refractivity contribution in [3.63, 3.8) is 0 Å². The molecule has 1 heterocycles. The number of anilines is 2. The minimum absolute atomic E-state index is 0.227. The molecule has 0 unspecified atom stereocenters. The van der Waals surface area contributed by atoms with Crippen molar-refractivity contribution in [2.75, 3.05) is 10.6 Å². The average Bonchev–Trinajstić information content (AvgIpc) is 2.82. The van der Waals surface area contributed by atoms with E-state index < -0.39 is 11.6 Å². The zero-order chi connectivity index (χ0) is 19.9. The summed E-state index contributed by atoms with van der Waals surface area (Å²) in [7, 11) is 0. The quantitative estimate of drug-likeness (QED) is 0.687. The van der Waals surface area contributed by atoms with Gasteiger partial charge in [0.25, 0.3) is 11.8 Å². The minimum Gasteiger partial charge on any atom is -0.308 e. The van der Waals surface area contributed by atoms with Gasteiger partial charge in [0.2, 0.25) is 0 Å². The number of carbonyl (C=O) groups is 3. The summed E-state index contributed by atoms with van der Waals surface area (Å²) < 4.78 is 0. The molecule has 0 aliphatic carbocycles. The van der Waals surface area contributed by atoms with Crippen LogP contribution in [0.4, 0.5) is 16.2 Å². The number of nitrogens with one attached hydrogen (secondary N) is 2. The number of rotatable bonds is 2. The molecule has 3 rings (SSSR count). The van der Waals surface area contributed by atoms with Gasteiger partial charge in [-0.3, -0.25) is 14.5 Å². The van der Waals surface area contributed by atoms with Crippen molar-refractivity contribution in [1.29, 1.82) is 0 Å². The lowest BCUT2D eigenvalue weighted by atomic mass is 10.1. The summed E-state index contributed by atoms with van der Waals surface area (Å²) in [4.78, 5) is 38.5. The predicted molar refractivity (Wildman–Crippen MR) is 106 cm³/mol. The maximum Gasteiger partial charge on any atom is 0.323 e. The average molecular weight is 406 g/mol. The maximum absolute atomic E-state index is 12.6. The molecule has 1 aliphatic heterocycles.